The van der Waals surface area contributed by atoms with Gasteiger partial charge < -0.3 is 5.32 Å². The molecular weight excluding hydrogens is 300 g/mol. The second-order valence-corrected chi connectivity index (χ2v) is 7.34. The summed E-state index contributed by atoms with van der Waals surface area (Å²) in [5.74, 6) is 0.892. The van der Waals surface area contributed by atoms with Crippen molar-refractivity contribution < 1.29 is 0 Å². The van der Waals surface area contributed by atoms with Gasteiger partial charge in [0.15, 0.2) is 0 Å². The molecule has 2 unspecified atom stereocenters. The normalized spacial score (nSPS) is 32.5. The Kier molecular flexibility index (Phi) is 3.71. The SMILES string of the molecule is CC1CN(Cc2ccc(Br)cc2)C(C)(C2CC2)CN1. The molecule has 1 heterocycles. The van der Waals surface area contributed by atoms with Crippen LogP contribution in [0.4, 0.5) is 0 Å². The molecule has 0 spiro atoms. The molecule has 2 aliphatic rings. The predicted molar refractivity (Wildman–Crippen MR) is 83.1 cm³/mol. The zero-order chi connectivity index (χ0) is 13.5. The van der Waals surface area contributed by atoms with Crippen LogP contribution >= 0.6 is 15.9 Å². The number of benzene rings is 1. The quantitative estimate of drug-likeness (QED) is 0.917. The molecule has 104 valence electrons. The summed E-state index contributed by atoms with van der Waals surface area (Å²) < 4.78 is 1.16. The molecule has 1 N–H and O–H groups in total. The molecule has 1 saturated carbocycles. The molecule has 19 heavy (non-hydrogen) atoms. The number of nitrogens with one attached hydrogen (secondary N) is 1. The Bertz CT molecular complexity index is 441. The Hall–Kier alpha value is -0.380. The van der Waals surface area contributed by atoms with E-state index in [1.807, 2.05) is 0 Å². The molecule has 1 saturated heterocycles. The van der Waals surface area contributed by atoms with Gasteiger partial charge in [-0.25, -0.2) is 0 Å². The topological polar surface area (TPSA) is 15.3 Å². The van der Waals surface area contributed by atoms with E-state index in [1.165, 1.54) is 18.4 Å². The number of hydrogen-bond donors (Lipinski definition) is 1. The van der Waals surface area contributed by atoms with Crippen molar-refractivity contribution in [3.05, 3.63) is 34.3 Å². The molecule has 2 fully saturated rings. The largest absolute Gasteiger partial charge is 0.311 e. The predicted octanol–water partition coefficient (Wildman–Crippen LogP) is 3.41. The van der Waals surface area contributed by atoms with Crippen LogP contribution in [0, 0.1) is 5.92 Å². The van der Waals surface area contributed by atoms with Crippen LogP contribution in [0.2, 0.25) is 0 Å². The second-order valence-electron chi connectivity index (χ2n) is 6.42. The van der Waals surface area contributed by atoms with Crippen LogP contribution in [0.25, 0.3) is 0 Å². The van der Waals surface area contributed by atoms with Crippen LogP contribution < -0.4 is 5.32 Å². The molecule has 0 bridgehead atoms. The number of piperazine rings is 1. The van der Waals surface area contributed by atoms with Crippen molar-refractivity contribution >= 4 is 15.9 Å². The standard InChI is InChI=1S/C16H23BrN2/c1-12-9-19(10-13-3-7-15(17)8-4-13)16(2,11-18-12)14-5-6-14/h3-4,7-8,12,14,18H,5-6,9-11H2,1-2H3. The fraction of sp³-hybridized carbons (Fsp3) is 0.625. The Labute approximate surface area is 124 Å². The molecule has 0 radical (unpaired) electrons. The van der Waals surface area contributed by atoms with E-state index in [0.29, 0.717) is 11.6 Å². The molecule has 1 aliphatic heterocycles. The first kappa shape index (κ1) is 13.6. The van der Waals surface area contributed by atoms with Gasteiger partial charge in [-0.15, -0.1) is 0 Å². The van der Waals surface area contributed by atoms with Gasteiger partial charge in [0.2, 0.25) is 0 Å². The molecular formula is C16H23BrN2. The van der Waals surface area contributed by atoms with E-state index in [2.05, 4.69) is 64.3 Å². The number of halogens is 1. The van der Waals surface area contributed by atoms with Crippen molar-refractivity contribution in [1.82, 2.24) is 10.2 Å². The maximum absolute atomic E-state index is 3.67. The lowest BCUT2D eigenvalue weighted by atomic mass is 9.89. The molecule has 2 atom stereocenters. The fourth-order valence-electron chi connectivity index (χ4n) is 3.26. The molecule has 3 rings (SSSR count). The zero-order valence-corrected chi connectivity index (χ0v) is 13.4. The van der Waals surface area contributed by atoms with Crippen molar-refractivity contribution in [2.24, 2.45) is 5.92 Å². The Morgan fingerprint density at radius 2 is 2.00 bits per heavy atom. The van der Waals surface area contributed by atoms with Crippen LogP contribution in [0.15, 0.2) is 28.7 Å². The lowest BCUT2D eigenvalue weighted by molar-refractivity contribution is 0.0312. The first-order valence-electron chi connectivity index (χ1n) is 7.31. The van der Waals surface area contributed by atoms with Gasteiger partial charge >= 0.3 is 0 Å². The molecule has 2 nitrogen and oxygen atoms in total. The van der Waals surface area contributed by atoms with Crippen molar-refractivity contribution in [3.8, 4) is 0 Å². The summed E-state index contributed by atoms with van der Waals surface area (Å²) in [4.78, 5) is 2.70. The van der Waals surface area contributed by atoms with Crippen LogP contribution in [0.5, 0.6) is 0 Å². The van der Waals surface area contributed by atoms with Gasteiger partial charge in [-0.05, 0) is 50.3 Å². The maximum atomic E-state index is 3.67. The van der Waals surface area contributed by atoms with Gasteiger partial charge in [0.05, 0.1) is 0 Å². The van der Waals surface area contributed by atoms with E-state index in [-0.39, 0.29) is 0 Å². The molecule has 1 aromatic carbocycles. The van der Waals surface area contributed by atoms with Gasteiger partial charge in [0.1, 0.15) is 0 Å². The maximum Gasteiger partial charge on any atom is 0.0338 e. The van der Waals surface area contributed by atoms with Crippen LogP contribution in [-0.2, 0) is 6.54 Å². The minimum absolute atomic E-state index is 0.347. The first-order chi connectivity index (χ1) is 9.08. The molecule has 1 aliphatic carbocycles. The fourth-order valence-corrected chi connectivity index (χ4v) is 3.52. The highest BCUT2D eigenvalue weighted by Gasteiger charge is 2.47. The van der Waals surface area contributed by atoms with Crippen molar-refractivity contribution in [2.75, 3.05) is 13.1 Å². The lowest BCUT2D eigenvalue weighted by Crippen LogP contribution is -2.63. The average Bonchev–Trinajstić information content (AvgIpc) is 3.21. The van der Waals surface area contributed by atoms with Crippen LogP contribution in [-0.4, -0.2) is 29.6 Å². The van der Waals surface area contributed by atoms with Gasteiger partial charge in [-0.3, -0.25) is 4.90 Å². The number of rotatable bonds is 3. The van der Waals surface area contributed by atoms with Crippen LogP contribution in [0.3, 0.4) is 0 Å². The third-order valence-corrected chi connectivity index (χ3v) is 5.30. The Balaban J connectivity index is 1.77. The van der Waals surface area contributed by atoms with E-state index in [4.69, 9.17) is 0 Å². The zero-order valence-electron chi connectivity index (χ0n) is 11.8. The minimum atomic E-state index is 0.347. The number of hydrogen-bond acceptors (Lipinski definition) is 2. The van der Waals surface area contributed by atoms with E-state index >= 15 is 0 Å². The summed E-state index contributed by atoms with van der Waals surface area (Å²) in [6, 6.07) is 9.38. The van der Waals surface area contributed by atoms with E-state index < -0.39 is 0 Å². The lowest BCUT2D eigenvalue weighted by Gasteiger charge is -2.48. The van der Waals surface area contributed by atoms with Crippen LogP contribution in [0.1, 0.15) is 32.3 Å². The highest BCUT2D eigenvalue weighted by Crippen LogP contribution is 2.44. The van der Waals surface area contributed by atoms with Gasteiger partial charge in [0, 0.05) is 35.7 Å². The summed E-state index contributed by atoms with van der Waals surface area (Å²) in [6.07, 6.45) is 2.81. The van der Waals surface area contributed by atoms with E-state index in [9.17, 15) is 0 Å². The summed E-state index contributed by atoms with van der Waals surface area (Å²) in [7, 11) is 0. The Morgan fingerprint density at radius 1 is 1.32 bits per heavy atom. The average molecular weight is 323 g/mol. The van der Waals surface area contributed by atoms with Crippen molar-refractivity contribution in [2.45, 2.75) is 44.8 Å². The highest BCUT2D eigenvalue weighted by atomic mass is 79.9. The third-order valence-electron chi connectivity index (χ3n) is 4.77. The summed E-state index contributed by atoms with van der Waals surface area (Å²) in [5.41, 5.74) is 1.77. The summed E-state index contributed by atoms with van der Waals surface area (Å²) in [6.45, 7) is 8.11. The van der Waals surface area contributed by atoms with Crippen molar-refractivity contribution in [1.29, 1.82) is 0 Å². The molecule has 0 aromatic heterocycles. The smallest absolute Gasteiger partial charge is 0.0338 e. The van der Waals surface area contributed by atoms with Crippen molar-refractivity contribution in [3.63, 3.8) is 0 Å². The van der Waals surface area contributed by atoms with E-state index in [0.717, 1.165) is 30.0 Å². The van der Waals surface area contributed by atoms with Gasteiger partial charge in [-0.2, -0.15) is 0 Å². The third kappa shape index (κ3) is 2.88. The molecule has 1 aromatic rings. The number of nitrogens with zero attached hydrogens (tertiary/aromatic N) is 1. The second kappa shape index (κ2) is 5.19. The monoisotopic (exact) mass is 322 g/mol. The molecule has 0 amide bonds. The van der Waals surface area contributed by atoms with E-state index in [1.54, 1.807) is 0 Å². The first-order valence-corrected chi connectivity index (χ1v) is 8.10. The van der Waals surface area contributed by atoms with Gasteiger partial charge in [0.25, 0.3) is 0 Å². The Morgan fingerprint density at radius 3 is 2.63 bits per heavy atom. The highest BCUT2D eigenvalue weighted by molar-refractivity contribution is 9.10. The van der Waals surface area contributed by atoms with Gasteiger partial charge in [-0.1, -0.05) is 28.1 Å². The minimum Gasteiger partial charge on any atom is -0.311 e. The summed E-state index contributed by atoms with van der Waals surface area (Å²) in [5, 5.41) is 3.67. The summed E-state index contributed by atoms with van der Waals surface area (Å²) >= 11 is 3.51. The molecule has 3 heteroatoms.